The lowest BCUT2D eigenvalue weighted by molar-refractivity contribution is 0.0270. The molecule has 2 atom stereocenters. The van der Waals surface area contributed by atoms with E-state index in [0.29, 0.717) is 6.04 Å². The fourth-order valence-electron chi connectivity index (χ4n) is 5.80. The zero-order valence-electron chi connectivity index (χ0n) is 15.1. The molecule has 3 aromatic rings. The highest BCUT2D eigenvalue weighted by atomic mass is 16.3. The summed E-state index contributed by atoms with van der Waals surface area (Å²) in [6.45, 7) is 4.75. The molecule has 0 bridgehead atoms. The molecule has 1 aromatic carbocycles. The van der Waals surface area contributed by atoms with Crippen LogP contribution in [0.2, 0.25) is 0 Å². The number of para-hydroxylation sites is 1. The smallest absolute Gasteiger partial charge is 0.181 e. The molecule has 0 radical (unpaired) electrons. The average Bonchev–Trinajstić information content (AvgIpc) is 3.33. The van der Waals surface area contributed by atoms with Crippen molar-refractivity contribution < 1.29 is 4.42 Å². The minimum atomic E-state index is 0.194. The van der Waals surface area contributed by atoms with E-state index in [0.717, 1.165) is 18.6 Å². The topological polar surface area (TPSA) is 34.2 Å². The van der Waals surface area contributed by atoms with Crippen molar-refractivity contribution in [2.75, 3.05) is 13.1 Å². The Hall–Kier alpha value is -2.33. The largest absolute Gasteiger partial charge is 0.442 e. The molecule has 6 rings (SSSR count). The SMILES string of the molecule is CC[C@@]12C=C(c3cnco3)n3c4c(c5ccccc53)CCN(CCC1)[C@H]42. The lowest BCUT2D eigenvalue weighted by Crippen LogP contribution is -2.50. The molecule has 0 amide bonds. The number of rotatable bonds is 2. The fraction of sp³-hybridized carbons (Fsp3) is 0.409. The number of oxazole rings is 1. The van der Waals surface area contributed by atoms with Crippen molar-refractivity contribution in [1.82, 2.24) is 14.5 Å². The van der Waals surface area contributed by atoms with Crippen LogP contribution in [0.25, 0.3) is 16.6 Å². The molecule has 132 valence electrons. The molecule has 3 aliphatic heterocycles. The Bertz CT molecular complexity index is 1030. The van der Waals surface area contributed by atoms with E-state index in [1.165, 1.54) is 48.2 Å². The zero-order chi connectivity index (χ0) is 17.3. The molecule has 0 N–H and O–H groups in total. The Morgan fingerprint density at radius 3 is 3.04 bits per heavy atom. The summed E-state index contributed by atoms with van der Waals surface area (Å²) in [4.78, 5) is 6.94. The first-order chi connectivity index (χ1) is 12.8. The van der Waals surface area contributed by atoms with Crippen molar-refractivity contribution in [3.63, 3.8) is 0 Å². The van der Waals surface area contributed by atoms with Crippen LogP contribution in [0.15, 0.2) is 47.3 Å². The number of hydrogen-bond acceptors (Lipinski definition) is 3. The molecule has 0 saturated carbocycles. The molecule has 1 fully saturated rings. The van der Waals surface area contributed by atoms with Crippen LogP contribution in [-0.4, -0.2) is 27.5 Å². The third kappa shape index (κ3) is 1.71. The molecular formula is C22H23N3O. The fourth-order valence-corrected chi connectivity index (χ4v) is 5.80. The number of benzene rings is 1. The van der Waals surface area contributed by atoms with E-state index < -0.39 is 0 Å². The first-order valence-electron chi connectivity index (χ1n) is 9.81. The first-order valence-corrected chi connectivity index (χ1v) is 9.81. The van der Waals surface area contributed by atoms with Crippen LogP contribution in [0.5, 0.6) is 0 Å². The minimum Gasteiger partial charge on any atom is -0.442 e. The van der Waals surface area contributed by atoms with Gasteiger partial charge in [0.25, 0.3) is 0 Å². The van der Waals surface area contributed by atoms with Crippen molar-refractivity contribution >= 4 is 16.6 Å². The summed E-state index contributed by atoms with van der Waals surface area (Å²) in [7, 11) is 0. The van der Waals surface area contributed by atoms with Gasteiger partial charge in [0.1, 0.15) is 0 Å². The average molecular weight is 345 g/mol. The third-order valence-electron chi connectivity index (χ3n) is 6.93. The maximum absolute atomic E-state index is 5.79. The van der Waals surface area contributed by atoms with Gasteiger partial charge in [0.15, 0.2) is 12.2 Å². The Balaban J connectivity index is 1.75. The molecule has 26 heavy (non-hydrogen) atoms. The number of aromatic nitrogens is 2. The zero-order valence-corrected chi connectivity index (χ0v) is 15.1. The minimum absolute atomic E-state index is 0.194. The number of piperidine rings is 1. The second-order valence-electron chi connectivity index (χ2n) is 7.99. The van der Waals surface area contributed by atoms with Gasteiger partial charge in [0.2, 0.25) is 0 Å². The van der Waals surface area contributed by atoms with Crippen LogP contribution in [0.1, 0.15) is 49.2 Å². The van der Waals surface area contributed by atoms with Gasteiger partial charge in [-0.2, -0.15) is 0 Å². The van der Waals surface area contributed by atoms with Crippen molar-refractivity contribution in [1.29, 1.82) is 0 Å². The molecule has 4 heteroatoms. The number of hydrogen-bond donors (Lipinski definition) is 0. The normalized spacial score (nSPS) is 27.4. The van der Waals surface area contributed by atoms with Gasteiger partial charge in [-0.05, 0) is 49.9 Å². The maximum Gasteiger partial charge on any atom is 0.181 e. The quantitative estimate of drug-likeness (QED) is 0.679. The van der Waals surface area contributed by atoms with Crippen LogP contribution in [0.3, 0.4) is 0 Å². The summed E-state index contributed by atoms with van der Waals surface area (Å²) in [5, 5.41) is 1.41. The summed E-state index contributed by atoms with van der Waals surface area (Å²) in [6.07, 6.45) is 10.8. The monoisotopic (exact) mass is 345 g/mol. The Kier molecular flexibility index (Phi) is 2.91. The van der Waals surface area contributed by atoms with Gasteiger partial charge < -0.3 is 8.98 Å². The van der Waals surface area contributed by atoms with Crippen LogP contribution in [0.4, 0.5) is 0 Å². The highest BCUT2D eigenvalue weighted by Crippen LogP contribution is 2.57. The molecule has 2 aromatic heterocycles. The van der Waals surface area contributed by atoms with E-state index in [2.05, 4.69) is 51.7 Å². The number of fused-ring (bicyclic) bond motifs is 3. The summed E-state index contributed by atoms with van der Waals surface area (Å²) in [6, 6.07) is 9.35. The molecule has 5 heterocycles. The lowest BCUT2D eigenvalue weighted by atomic mass is 9.66. The van der Waals surface area contributed by atoms with Gasteiger partial charge >= 0.3 is 0 Å². The van der Waals surface area contributed by atoms with Gasteiger partial charge in [-0.15, -0.1) is 0 Å². The summed E-state index contributed by atoms with van der Waals surface area (Å²) in [5.74, 6) is 0.877. The number of nitrogens with zero attached hydrogens (tertiary/aromatic N) is 3. The van der Waals surface area contributed by atoms with Crippen LogP contribution in [-0.2, 0) is 6.42 Å². The molecule has 0 unspecified atom stereocenters. The van der Waals surface area contributed by atoms with Crippen molar-refractivity contribution in [3.05, 3.63) is 59.9 Å². The highest BCUT2D eigenvalue weighted by molar-refractivity contribution is 5.91. The predicted molar refractivity (Wildman–Crippen MR) is 102 cm³/mol. The molecular weight excluding hydrogens is 322 g/mol. The van der Waals surface area contributed by atoms with Gasteiger partial charge in [-0.25, -0.2) is 4.98 Å². The van der Waals surface area contributed by atoms with E-state index in [1.54, 1.807) is 12.0 Å². The third-order valence-corrected chi connectivity index (χ3v) is 6.93. The Labute approximate surface area is 153 Å². The molecule has 0 spiro atoms. The van der Waals surface area contributed by atoms with E-state index in [1.807, 2.05) is 6.20 Å². The molecule has 4 nitrogen and oxygen atoms in total. The predicted octanol–water partition coefficient (Wildman–Crippen LogP) is 4.62. The van der Waals surface area contributed by atoms with Gasteiger partial charge in [-0.1, -0.05) is 25.1 Å². The van der Waals surface area contributed by atoms with Crippen molar-refractivity contribution in [3.8, 4) is 0 Å². The van der Waals surface area contributed by atoms with Crippen LogP contribution < -0.4 is 0 Å². The standard InChI is InChI=1S/C22H23N3O/c1-2-22-9-5-10-24-11-8-16-15-6-3-4-7-17(15)25(20(16)21(22)24)18(12-22)19-13-23-14-26-19/h3-4,6-7,12-14,21H,2,5,8-11H2,1H3/t21-,22+/m1/s1. The van der Waals surface area contributed by atoms with Crippen LogP contribution in [0, 0.1) is 5.41 Å². The molecule has 1 saturated heterocycles. The summed E-state index contributed by atoms with van der Waals surface area (Å²) >= 11 is 0. The second-order valence-corrected chi connectivity index (χ2v) is 7.99. The van der Waals surface area contributed by atoms with Crippen molar-refractivity contribution in [2.24, 2.45) is 5.41 Å². The van der Waals surface area contributed by atoms with Crippen LogP contribution >= 0.6 is 0 Å². The summed E-state index contributed by atoms with van der Waals surface area (Å²) in [5.41, 5.74) is 5.73. The first kappa shape index (κ1) is 14.8. The van der Waals surface area contributed by atoms with Crippen molar-refractivity contribution in [2.45, 2.75) is 38.6 Å². The van der Waals surface area contributed by atoms with Gasteiger partial charge in [0.05, 0.1) is 23.5 Å². The van der Waals surface area contributed by atoms with E-state index in [9.17, 15) is 0 Å². The van der Waals surface area contributed by atoms with E-state index >= 15 is 0 Å². The Morgan fingerprint density at radius 2 is 2.19 bits per heavy atom. The van der Waals surface area contributed by atoms with Gasteiger partial charge in [0, 0.05) is 23.0 Å². The maximum atomic E-state index is 5.79. The van der Waals surface area contributed by atoms with E-state index in [4.69, 9.17) is 4.42 Å². The van der Waals surface area contributed by atoms with Gasteiger partial charge in [-0.3, -0.25) is 4.90 Å². The molecule has 3 aliphatic rings. The lowest BCUT2D eigenvalue weighted by Gasteiger charge is -2.53. The molecule has 0 aliphatic carbocycles. The highest BCUT2D eigenvalue weighted by Gasteiger charge is 2.50. The second kappa shape index (κ2) is 5.10. The van der Waals surface area contributed by atoms with E-state index in [-0.39, 0.29) is 5.41 Å². The summed E-state index contributed by atoms with van der Waals surface area (Å²) < 4.78 is 8.26. The Morgan fingerprint density at radius 1 is 1.27 bits per heavy atom.